The van der Waals surface area contributed by atoms with Crippen molar-refractivity contribution in [2.45, 2.75) is 19.9 Å². The minimum absolute atomic E-state index is 0.145. The Balaban J connectivity index is 2.18. The molecule has 120 valence electrons. The number of non-ortho nitro benzene ring substituents is 1. The van der Waals surface area contributed by atoms with Crippen LogP contribution in [0.4, 0.5) is 5.69 Å². The topological polar surface area (TPSA) is 51.3 Å². The van der Waals surface area contributed by atoms with Gasteiger partial charge in [-0.2, -0.15) is 0 Å². The van der Waals surface area contributed by atoms with Crippen LogP contribution < -0.4 is 0 Å². The molecule has 0 amide bonds. The van der Waals surface area contributed by atoms with E-state index < -0.39 is 0 Å². The maximum absolute atomic E-state index is 11.1. The van der Waals surface area contributed by atoms with E-state index in [1.54, 1.807) is 12.1 Å². The van der Waals surface area contributed by atoms with Crippen LogP contribution in [0.5, 0.6) is 0 Å². The van der Waals surface area contributed by atoms with Crippen LogP contribution in [-0.2, 0) is 6.54 Å². The van der Waals surface area contributed by atoms with Gasteiger partial charge in [-0.05, 0) is 52.2 Å². The molecular formula is C18H21N3O2. The van der Waals surface area contributed by atoms with Crippen LogP contribution in [0.25, 0.3) is 21.8 Å². The molecule has 1 aromatic heterocycles. The fourth-order valence-electron chi connectivity index (χ4n) is 3.11. The van der Waals surface area contributed by atoms with Crippen molar-refractivity contribution in [3.8, 4) is 0 Å². The van der Waals surface area contributed by atoms with Crippen LogP contribution in [0, 0.1) is 17.0 Å². The van der Waals surface area contributed by atoms with Crippen LogP contribution in [0.15, 0.2) is 36.4 Å². The SMILES string of the molecule is Cc1ccc2c(c1)c1cc([N+](=O)[O-])ccc1n2CCCN(C)C. The molecule has 1 heterocycles. The number of hydrogen-bond donors (Lipinski definition) is 0. The smallest absolute Gasteiger partial charge is 0.270 e. The largest absolute Gasteiger partial charge is 0.340 e. The van der Waals surface area contributed by atoms with E-state index in [9.17, 15) is 10.1 Å². The van der Waals surface area contributed by atoms with E-state index >= 15 is 0 Å². The van der Waals surface area contributed by atoms with Gasteiger partial charge in [-0.3, -0.25) is 10.1 Å². The van der Waals surface area contributed by atoms with E-state index in [1.807, 2.05) is 13.0 Å². The average Bonchev–Trinajstić information content (AvgIpc) is 2.80. The first-order chi connectivity index (χ1) is 11.0. The summed E-state index contributed by atoms with van der Waals surface area (Å²) in [6, 6.07) is 11.5. The Kier molecular flexibility index (Phi) is 4.05. The van der Waals surface area contributed by atoms with Crippen molar-refractivity contribution in [1.29, 1.82) is 0 Å². The Morgan fingerprint density at radius 3 is 2.39 bits per heavy atom. The second kappa shape index (κ2) is 6.01. The standard InChI is InChI=1S/C18H21N3O2/c1-13-5-7-17-15(11-13)16-12-14(21(22)23)6-8-18(16)20(17)10-4-9-19(2)3/h5-8,11-12H,4,9-10H2,1-3H3. The fraction of sp³-hybridized carbons (Fsp3) is 0.333. The zero-order chi connectivity index (χ0) is 16.6. The Labute approximate surface area is 135 Å². The quantitative estimate of drug-likeness (QED) is 0.529. The van der Waals surface area contributed by atoms with Gasteiger partial charge in [0.1, 0.15) is 0 Å². The molecule has 0 radical (unpaired) electrons. The first-order valence-electron chi connectivity index (χ1n) is 7.79. The molecule has 5 nitrogen and oxygen atoms in total. The predicted octanol–water partition coefficient (Wildman–Crippen LogP) is 3.96. The van der Waals surface area contributed by atoms with Gasteiger partial charge in [-0.15, -0.1) is 0 Å². The number of nitro groups is 1. The molecular weight excluding hydrogens is 290 g/mol. The highest BCUT2D eigenvalue weighted by molar-refractivity contribution is 6.09. The third kappa shape index (κ3) is 2.92. The van der Waals surface area contributed by atoms with Gasteiger partial charge < -0.3 is 9.47 Å². The van der Waals surface area contributed by atoms with Crippen LogP contribution >= 0.6 is 0 Å². The Bertz CT molecular complexity index is 881. The summed E-state index contributed by atoms with van der Waals surface area (Å²) in [6.45, 7) is 3.96. The molecule has 0 spiro atoms. The number of nitro benzene ring substituents is 1. The summed E-state index contributed by atoms with van der Waals surface area (Å²) < 4.78 is 2.28. The fourth-order valence-corrected chi connectivity index (χ4v) is 3.11. The number of aryl methyl sites for hydroxylation is 2. The molecule has 3 rings (SSSR count). The van der Waals surface area contributed by atoms with Crippen molar-refractivity contribution in [2.24, 2.45) is 0 Å². The molecule has 0 N–H and O–H groups in total. The van der Waals surface area contributed by atoms with Crippen LogP contribution in [-0.4, -0.2) is 35.0 Å². The molecule has 23 heavy (non-hydrogen) atoms. The van der Waals surface area contributed by atoms with E-state index in [0.717, 1.165) is 46.9 Å². The zero-order valence-electron chi connectivity index (χ0n) is 13.7. The highest BCUT2D eigenvalue weighted by Gasteiger charge is 2.14. The van der Waals surface area contributed by atoms with Crippen LogP contribution in [0.2, 0.25) is 0 Å². The molecule has 0 aliphatic carbocycles. The Morgan fingerprint density at radius 2 is 1.74 bits per heavy atom. The number of hydrogen-bond acceptors (Lipinski definition) is 3. The van der Waals surface area contributed by atoms with Crippen molar-refractivity contribution in [2.75, 3.05) is 20.6 Å². The lowest BCUT2D eigenvalue weighted by molar-refractivity contribution is -0.384. The van der Waals surface area contributed by atoms with Crippen molar-refractivity contribution in [3.63, 3.8) is 0 Å². The predicted molar refractivity (Wildman–Crippen MR) is 94.0 cm³/mol. The lowest BCUT2D eigenvalue weighted by atomic mass is 10.1. The van der Waals surface area contributed by atoms with Gasteiger partial charge in [0.05, 0.1) is 4.92 Å². The van der Waals surface area contributed by atoms with Gasteiger partial charge in [0.15, 0.2) is 0 Å². The summed E-state index contributed by atoms with van der Waals surface area (Å²) >= 11 is 0. The summed E-state index contributed by atoms with van der Waals surface area (Å²) in [5.74, 6) is 0. The number of rotatable bonds is 5. The summed E-state index contributed by atoms with van der Waals surface area (Å²) in [7, 11) is 4.14. The summed E-state index contributed by atoms with van der Waals surface area (Å²) in [5.41, 5.74) is 3.52. The molecule has 0 unspecified atom stereocenters. The highest BCUT2D eigenvalue weighted by atomic mass is 16.6. The summed E-state index contributed by atoms with van der Waals surface area (Å²) in [6.07, 6.45) is 1.04. The molecule has 0 aliphatic rings. The van der Waals surface area contributed by atoms with Crippen molar-refractivity contribution >= 4 is 27.5 Å². The van der Waals surface area contributed by atoms with Crippen LogP contribution in [0.1, 0.15) is 12.0 Å². The normalized spacial score (nSPS) is 11.7. The van der Waals surface area contributed by atoms with Gasteiger partial charge in [-0.25, -0.2) is 0 Å². The van der Waals surface area contributed by atoms with E-state index in [-0.39, 0.29) is 10.6 Å². The first kappa shape index (κ1) is 15.5. The Morgan fingerprint density at radius 1 is 1.09 bits per heavy atom. The minimum Gasteiger partial charge on any atom is -0.340 e. The zero-order valence-corrected chi connectivity index (χ0v) is 13.7. The molecule has 0 atom stereocenters. The van der Waals surface area contributed by atoms with Gasteiger partial charge in [0, 0.05) is 40.5 Å². The van der Waals surface area contributed by atoms with E-state index in [2.05, 4.69) is 41.8 Å². The second-order valence-electron chi connectivity index (χ2n) is 6.29. The monoisotopic (exact) mass is 311 g/mol. The van der Waals surface area contributed by atoms with Gasteiger partial charge >= 0.3 is 0 Å². The molecule has 5 heteroatoms. The molecule has 0 saturated carbocycles. The number of fused-ring (bicyclic) bond motifs is 3. The second-order valence-corrected chi connectivity index (χ2v) is 6.29. The summed E-state index contributed by atoms with van der Waals surface area (Å²) in [4.78, 5) is 12.9. The van der Waals surface area contributed by atoms with Crippen molar-refractivity contribution in [1.82, 2.24) is 9.47 Å². The molecule has 0 saturated heterocycles. The molecule has 2 aromatic carbocycles. The third-order valence-corrected chi connectivity index (χ3v) is 4.20. The third-order valence-electron chi connectivity index (χ3n) is 4.20. The lowest BCUT2D eigenvalue weighted by Gasteiger charge is -2.11. The first-order valence-corrected chi connectivity index (χ1v) is 7.79. The lowest BCUT2D eigenvalue weighted by Crippen LogP contribution is -2.15. The molecule has 0 aliphatic heterocycles. The average molecular weight is 311 g/mol. The van der Waals surface area contributed by atoms with Gasteiger partial charge in [0.2, 0.25) is 0 Å². The van der Waals surface area contributed by atoms with E-state index in [4.69, 9.17) is 0 Å². The molecule has 3 aromatic rings. The number of benzene rings is 2. The van der Waals surface area contributed by atoms with Gasteiger partial charge in [-0.1, -0.05) is 11.6 Å². The minimum atomic E-state index is -0.329. The Hall–Kier alpha value is -2.40. The van der Waals surface area contributed by atoms with E-state index in [0.29, 0.717) is 0 Å². The van der Waals surface area contributed by atoms with Crippen molar-refractivity contribution in [3.05, 3.63) is 52.1 Å². The highest BCUT2D eigenvalue weighted by Crippen LogP contribution is 2.32. The molecule has 0 fully saturated rings. The summed E-state index contributed by atoms with van der Waals surface area (Å²) in [5, 5.41) is 13.1. The number of nitrogens with zero attached hydrogens (tertiary/aromatic N) is 3. The van der Waals surface area contributed by atoms with Crippen molar-refractivity contribution < 1.29 is 4.92 Å². The maximum Gasteiger partial charge on any atom is 0.270 e. The van der Waals surface area contributed by atoms with Gasteiger partial charge in [0.25, 0.3) is 5.69 Å². The van der Waals surface area contributed by atoms with Crippen LogP contribution in [0.3, 0.4) is 0 Å². The maximum atomic E-state index is 11.1. The molecule has 0 bridgehead atoms. The van der Waals surface area contributed by atoms with E-state index in [1.165, 1.54) is 0 Å². The number of aromatic nitrogens is 1.